The van der Waals surface area contributed by atoms with E-state index in [2.05, 4.69) is 4.74 Å². The number of aliphatic hydroxyl groups excluding tert-OH is 2. The molecule has 0 aromatic rings. The Balaban J connectivity index is 3.62. The average molecular weight is 192 g/mol. The Labute approximate surface area is 74.7 Å². The van der Waals surface area contributed by atoms with Crippen LogP contribution in [-0.2, 0) is 14.3 Å². The van der Waals surface area contributed by atoms with E-state index in [1.165, 1.54) is 0 Å². The van der Waals surface area contributed by atoms with Crippen molar-refractivity contribution in [3.05, 3.63) is 0 Å². The normalized spacial score (nSPS) is 10.1. The van der Waals surface area contributed by atoms with Gasteiger partial charge in [0.1, 0.15) is 6.42 Å². The molecule has 0 amide bonds. The number of carboxylic acids is 1. The number of aliphatic hydroxyl groups is 2. The number of ether oxygens (including phenoxy) is 1. The second-order valence-electron chi connectivity index (χ2n) is 2.48. The van der Waals surface area contributed by atoms with Gasteiger partial charge in [-0.3, -0.25) is 9.59 Å². The summed E-state index contributed by atoms with van der Waals surface area (Å²) in [4.78, 5) is 20.6. The molecule has 0 saturated carbocycles. The fourth-order valence-electron chi connectivity index (χ4n) is 0.548. The van der Waals surface area contributed by atoms with Gasteiger partial charge in [-0.1, -0.05) is 0 Å². The minimum atomic E-state index is -1.27. The highest BCUT2D eigenvalue weighted by Crippen LogP contribution is 1.96. The molecular weight excluding hydrogens is 180 g/mol. The number of aliphatic carboxylic acids is 1. The molecule has 0 aliphatic heterocycles. The fourth-order valence-corrected chi connectivity index (χ4v) is 0.548. The first-order chi connectivity index (χ1) is 6.10. The Morgan fingerprint density at radius 1 is 1.23 bits per heavy atom. The van der Waals surface area contributed by atoms with Crippen LogP contribution in [0.2, 0.25) is 0 Å². The molecule has 0 bridgehead atoms. The van der Waals surface area contributed by atoms with E-state index in [9.17, 15) is 9.59 Å². The lowest BCUT2D eigenvalue weighted by Gasteiger charge is -2.10. The van der Waals surface area contributed by atoms with Crippen LogP contribution in [0.5, 0.6) is 0 Å². The summed E-state index contributed by atoms with van der Waals surface area (Å²) in [5, 5.41) is 25.3. The first-order valence-electron chi connectivity index (χ1n) is 3.69. The molecule has 0 aliphatic rings. The minimum Gasteiger partial charge on any atom is -0.481 e. The summed E-state index contributed by atoms with van der Waals surface area (Å²) in [5.74, 6) is -2.69. The van der Waals surface area contributed by atoms with E-state index < -0.39 is 24.3 Å². The van der Waals surface area contributed by atoms with Crippen LogP contribution in [0, 0.1) is 5.92 Å². The van der Waals surface area contributed by atoms with Gasteiger partial charge in [-0.05, 0) is 0 Å². The average Bonchev–Trinajstić information content (AvgIpc) is 2.05. The Bertz CT molecular complexity index is 174. The molecule has 13 heavy (non-hydrogen) atoms. The Morgan fingerprint density at radius 3 is 2.15 bits per heavy atom. The van der Waals surface area contributed by atoms with Gasteiger partial charge in [0.15, 0.2) is 0 Å². The largest absolute Gasteiger partial charge is 0.481 e. The van der Waals surface area contributed by atoms with Crippen LogP contribution in [-0.4, -0.2) is 47.1 Å². The lowest BCUT2D eigenvalue weighted by atomic mass is 10.2. The maximum Gasteiger partial charge on any atom is 0.317 e. The van der Waals surface area contributed by atoms with Crippen LogP contribution in [0.4, 0.5) is 0 Å². The van der Waals surface area contributed by atoms with Gasteiger partial charge in [-0.25, -0.2) is 0 Å². The summed E-state index contributed by atoms with van der Waals surface area (Å²) < 4.78 is 4.46. The van der Waals surface area contributed by atoms with Crippen LogP contribution in [0.15, 0.2) is 0 Å². The number of hydrogen-bond donors (Lipinski definition) is 3. The van der Waals surface area contributed by atoms with Crippen molar-refractivity contribution in [1.29, 1.82) is 0 Å². The zero-order valence-electron chi connectivity index (χ0n) is 6.97. The first-order valence-corrected chi connectivity index (χ1v) is 3.69. The van der Waals surface area contributed by atoms with E-state index in [1.807, 2.05) is 0 Å². The van der Waals surface area contributed by atoms with Crippen molar-refractivity contribution in [3.63, 3.8) is 0 Å². The van der Waals surface area contributed by atoms with E-state index in [0.717, 1.165) is 0 Å². The molecule has 0 radical (unpaired) electrons. The number of carboxylic acid groups (broad SMARTS) is 1. The van der Waals surface area contributed by atoms with Gasteiger partial charge in [0, 0.05) is 5.92 Å². The molecular formula is C7H12O6. The van der Waals surface area contributed by atoms with E-state index >= 15 is 0 Å². The predicted molar refractivity (Wildman–Crippen MR) is 40.9 cm³/mol. The highest BCUT2D eigenvalue weighted by molar-refractivity contribution is 5.90. The fraction of sp³-hybridized carbons (Fsp3) is 0.714. The van der Waals surface area contributed by atoms with Crippen LogP contribution < -0.4 is 0 Å². The van der Waals surface area contributed by atoms with Crippen molar-refractivity contribution < 1.29 is 29.6 Å². The molecule has 76 valence electrons. The van der Waals surface area contributed by atoms with Crippen LogP contribution in [0.25, 0.3) is 0 Å². The van der Waals surface area contributed by atoms with Crippen molar-refractivity contribution in [2.45, 2.75) is 6.42 Å². The summed E-state index contributed by atoms with van der Waals surface area (Å²) in [6.45, 7) is -0.785. The Hall–Kier alpha value is -1.14. The maximum atomic E-state index is 10.6. The number of esters is 1. The monoisotopic (exact) mass is 192 g/mol. The zero-order chi connectivity index (χ0) is 10.3. The molecule has 0 unspecified atom stereocenters. The topological polar surface area (TPSA) is 104 Å². The second-order valence-corrected chi connectivity index (χ2v) is 2.48. The molecule has 3 N–H and O–H groups in total. The predicted octanol–water partition coefficient (Wildman–Crippen LogP) is -1.39. The molecule has 0 fully saturated rings. The number of carbonyl (C=O) groups is 2. The van der Waals surface area contributed by atoms with Crippen LogP contribution in [0.1, 0.15) is 6.42 Å². The molecule has 0 aromatic carbocycles. The standard InChI is InChI=1S/C7H12O6/c8-2-5(3-9)4-13-7(12)1-6(10)11/h5,8-9H,1-4H2,(H,10,11). The van der Waals surface area contributed by atoms with Gasteiger partial charge in [0.05, 0.1) is 19.8 Å². The van der Waals surface area contributed by atoms with E-state index in [0.29, 0.717) is 0 Å². The second kappa shape index (κ2) is 6.38. The smallest absolute Gasteiger partial charge is 0.317 e. The third kappa shape index (κ3) is 6.06. The highest BCUT2D eigenvalue weighted by atomic mass is 16.5. The van der Waals surface area contributed by atoms with E-state index in [1.54, 1.807) is 0 Å². The van der Waals surface area contributed by atoms with E-state index in [-0.39, 0.29) is 19.8 Å². The van der Waals surface area contributed by atoms with E-state index in [4.69, 9.17) is 15.3 Å². The Morgan fingerprint density at radius 2 is 1.77 bits per heavy atom. The van der Waals surface area contributed by atoms with Crippen LogP contribution in [0.3, 0.4) is 0 Å². The van der Waals surface area contributed by atoms with Crippen molar-refractivity contribution >= 4 is 11.9 Å². The van der Waals surface area contributed by atoms with Gasteiger partial charge in [-0.15, -0.1) is 0 Å². The zero-order valence-corrected chi connectivity index (χ0v) is 6.97. The number of carbonyl (C=O) groups excluding carboxylic acids is 1. The molecule has 0 aliphatic carbocycles. The molecule has 0 rings (SSSR count). The molecule has 0 heterocycles. The lowest BCUT2D eigenvalue weighted by Crippen LogP contribution is -2.21. The SMILES string of the molecule is O=C(O)CC(=O)OCC(CO)CO. The van der Waals surface area contributed by atoms with Gasteiger partial charge < -0.3 is 20.1 Å². The lowest BCUT2D eigenvalue weighted by molar-refractivity contribution is -0.152. The summed E-state index contributed by atoms with van der Waals surface area (Å²) in [6.07, 6.45) is -0.705. The molecule has 6 heteroatoms. The van der Waals surface area contributed by atoms with Crippen molar-refractivity contribution in [2.75, 3.05) is 19.8 Å². The summed E-state index contributed by atoms with van der Waals surface area (Å²) in [7, 11) is 0. The summed E-state index contributed by atoms with van der Waals surface area (Å²) in [5.41, 5.74) is 0. The third-order valence-electron chi connectivity index (χ3n) is 1.29. The summed E-state index contributed by atoms with van der Waals surface area (Å²) >= 11 is 0. The number of hydrogen-bond acceptors (Lipinski definition) is 5. The first kappa shape index (κ1) is 11.9. The molecule has 0 saturated heterocycles. The van der Waals surface area contributed by atoms with Gasteiger partial charge in [0.25, 0.3) is 0 Å². The van der Waals surface area contributed by atoms with Crippen molar-refractivity contribution in [1.82, 2.24) is 0 Å². The van der Waals surface area contributed by atoms with Gasteiger partial charge in [0.2, 0.25) is 0 Å². The molecule has 6 nitrogen and oxygen atoms in total. The Kier molecular flexibility index (Phi) is 5.82. The molecule has 0 spiro atoms. The third-order valence-corrected chi connectivity index (χ3v) is 1.29. The maximum absolute atomic E-state index is 10.6. The van der Waals surface area contributed by atoms with Crippen molar-refractivity contribution in [2.24, 2.45) is 5.92 Å². The van der Waals surface area contributed by atoms with Gasteiger partial charge in [-0.2, -0.15) is 0 Å². The number of rotatable bonds is 6. The quantitative estimate of drug-likeness (QED) is 0.353. The molecule has 0 aromatic heterocycles. The molecule has 0 atom stereocenters. The van der Waals surface area contributed by atoms with Crippen molar-refractivity contribution in [3.8, 4) is 0 Å². The minimum absolute atomic E-state index is 0.168. The van der Waals surface area contributed by atoms with Gasteiger partial charge >= 0.3 is 11.9 Å². The highest BCUT2D eigenvalue weighted by Gasteiger charge is 2.12. The summed E-state index contributed by atoms with van der Waals surface area (Å²) in [6, 6.07) is 0. The van der Waals surface area contributed by atoms with Crippen LogP contribution >= 0.6 is 0 Å².